The third kappa shape index (κ3) is 3.71. The van der Waals surface area contributed by atoms with E-state index in [4.69, 9.17) is 10.7 Å². The summed E-state index contributed by atoms with van der Waals surface area (Å²) in [5, 5.41) is 0. The lowest BCUT2D eigenvalue weighted by atomic mass is 9.69. The minimum Gasteiger partial charge on any atom is -0.384 e. The highest BCUT2D eigenvalue weighted by Gasteiger charge is 2.31. The fourth-order valence-corrected chi connectivity index (χ4v) is 3.32. The van der Waals surface area contributed by atoms with Gasteiger partial charge in [0.25, 0.3) is 0 Å². The second-order valence-electron chi connectivity index (χ2n) is 7.31. The molecular formula is C17H29N3. The van der Waals surface area contributed by atoms with E-state index in [0.29, 0.717) is 17.2 Å². The molecule has 112 valence electrons. The molecule has 3 heteroatoms. The molecule has 0 radical (unpaired) electrons. The molecule has 3 nitrogen and oxygen atoms in total. The van der Waals surface area contributed by atoms with E-state index in [0.717, 1.165) is 30.3 Å². The molecule has 1 aromatic rings. The smallest absolute Gasteiger partial charge is 0.134 e. The summed E-state index contributed by atoms with van der Waals surface area (Å²) >= 11 is 0. The van der Waals surface area contributed by atoms with E-state index in [-0.39, 0.29) is 0 Å². The lowest BCUT2D eigenvalue weighted by molar-refractivity contribution is 0.167. The van der Waals surface area contributed by atoms with Gasteiger partial charge in [0.1, 0.15) is 11.6 Å². The maximum Gasteiger partial charge on any atom is 0.134 e. The number of nitrogens with two attached hydrogens (primary N) is 1. The van der Waals surface area contributed by atoms with Gasteiger partial charge in [-0.1, -0.05) is 34.1 Å². The van der Waals surface area contributed by atoms with E-state index in [1.54, 1.807) is 0 Å². The van der Waals surface area contributed by atoms with Crippen LogP contribution in [-0.2, 0) is 6.42 Å². The van der Waals surface area contributed by atoms with E-state index in [1.807, 2.05) is 6.07 Å². The first-order chi connectivity index (χ1) is 9.40. The van der Waals surface area contributed by atoms with Gasteiger partial charge in [-0.2, -0.15) is 0 Å². The van der Waals surface area contributed by atoms with Gasteiger partial charge in [0, 0.05) is 17.7 Å². The highest BCUT2D eigenvalue weighted by molar-refractivity contribution is 5.30. The van der Waals surface area contributed by atoms with Gasteiger partial charge in [-0.15, -0.1) is 0 Å². The summed E-state index contributed by atoms with van der Waals surface area (Å²) in [4.78, 5) is 9.24. The summed E-state index contributed by atoms with van der Waals surface area (Å²) in [7, 11) is 0. The number of anilines is 1. The molecule has 0 atom stereocenters. The predicted molar refractivity (Wildman–Crippen MR) is 84.6 cm³/mol. The Morgan fingerprint density at radius 3 is 2.35 bits per heavy atom. The summed E-state index contributed by atoms with van der Waals surface area (Å²) in [6.45, 7) is 9.24. The van der Waals surface area contributed by atoms with Gasteiger partial charge in [-0.3, -0.25) is 0 Å². The van der Waals surface area contributed by atoms with Crippen molar-refractivity contribution in [3.8, 4) is 0 Å². The average Bonchev–Trinajstić information content (AvgIpc) is 2.37. The van der Waals surface area contributed by atoms with Crippen LogP contribution >= 0.6 is 0 Å². The van der Waals surface area contributed by atoms with Crippen LogP contribution in [0.25, 0.3) is 0 Å². The lowest BCUT2D eigenvalue weighted by Gasteiger charge is -2.36. The number of rotatable bonds is 3. The minimum absolute atomic E-state index is 0.426. The van der Waals surface area contributed by atoms with Crippen LogP contribution < -0.4 is 5.73 Å². The highest BCUT2D eigenvalue weighted by Crippen LogP contribution is 2.42. The summed E-state index contributed by atoms with van der Waals surface area (Å²) in [6, 6.07) is 1.92. The van der Waals surface area contributed by atoms with Gasteiger partial charge >= 0.3 is 0 Å². The Kier molecular flexibility index (Phi) is 4.66. The zero-order valence-electron chi connectivity index (χ0n) is 13.4. The van der Waals surface area contributed by atoms with Gasteiger partial charge in [0.05, 0.1) is 0 Å². The van der Waals surface area contributed by atoms with Crippen molar-refractivity contribution in [2.75, 3.05) is 5.73 Å². The van der Waals surface area contributed by atoms with E-state index in [2.05, 4.69) is 32.7 Å². The molecule has 0 aliphatic heterocycles. The number of aromatic nitrogens is 2. The van der Waals surface area contributed by atoms with Crippen LogP contribution in [0.1, 0.15) is 77.2 Å². The zero-order chi connectivity index (χ0) is 14.8. The molecular weight excluding hydrogens is 246 g/mol. The molecule has 0 unspecified atom stereocenters. The zero-order valence-corrected chi connectivity index (χ0v) is 13.4. The van der Waals surface area contributed by atoms with Gasteiger partial charge < -0.3 is 5.73 Å². The maximum atomic E-state index is 5.94. The molecule has 20 heavy (non-hydrogen) atoms. The Hall–Kier alpha value is -1.12. The van der Waals surface area contributed by atoms with Crippen molar-refractivity contribution in [2.24, 2.45) is 11.3 Å². The molecule has 0 bridgehead atoms. The molecule has 1 aliphatic rings. The van der Waals surface area contributed by atoms with Crippen molar-refractivity contribution in [1.29, 1.82) is 0 Å². The molecule has 1 saturated carbocycles. The largest absolute Gasteiger partial charge is 0.384 e. The van der Waals surface area contributed by atoms with Crippen LogP contribution in [0.2, 0.25) is 0 Å². The van der Waals surface area contributed by atoms with E-state index in [9.17, 15) is 0 Å². The second-order valence-corrected chi connectivity index (χ2v) is 7.31. The summed E-state index contributed by atoms with van der Waals surface area (Å²) in [6.07, 6.45) is 7.09. The van der Waals surface area contributed by atoms with Crippen molar-refractivity contribution < 1.29 is 0 Å². The first-order valence-corrected chi connectivity index (χ1v) is 8.03. The average molecular weight is 275 g/mol. The number of nitrogens with zero attached hydrogens (tertiary/aromatic N) is 2. The third-order valence-corrected chi connectivity index (χ3v) is 4.64. The quantitative estimate of drug-likeness (QED) is 0.893. The first kappa shape index (κ1) is 15.3. The number of nitrogen functional groups attached to an aromatic ring is 1. The number of hydrogen-bond donors (Lipinski definition) is 1. The Morgan fingerprint density at radius 2 is 1.80 bits per heavy atom. The van der Waals surface area contributed by atoms with Crippen LogP contribution in [-0.4, -0.2) is 9.97 Å². The van der Waals surface area contributed by atoms with Gasteiger partial charge in [0.2, 0.25) is 0 Å². The predicted octanol–water partition coefficient (Wildman–Crippen LogP) is 4.33. The molecule has 1 heterocycles. The topological polar surface area (TPSA) is 51.8 Å². The molecule has 0 spiro atoms. The Labute approximate surface area is 123 Å². The number of aryl methyl sites for hydroxylation is 1. The lowest BCUT2D eigenvalue weighted by Crippen LogP contribution is -2.26. The Bertz CT molecular complexity index is 440. The first-order valence-electron chi connectivity index (χ1n) is 8.03. The summed E-state index contributed by atoms with van der Waals surface area (Å²) in [5.41, 5.74) is 7.47. The monoisotopic (exact) mass is 275 g/mol. The van der Waals surface area contributed by atoms with Gasteiger partial charge in [-0.25, -0.2) is 9.97 Å². The molecule has 0 saturated heterocycles. The second kappa shape index (κ2) is 6.11. The van der Waals surface area contributed by atoms with Crippen molar-refractivity contribution in [2.45, 2.75) is 72.1 Å². The van der Waals surface area contributed by atoms with Crippen molar-refractivity contribution >= 4 is 5.82 Å². The molecule has 1 fully saturated rings. The summed E-state index contributed by atoms with van der Waals surface area (Å²) < 4.78 is 0. The highest BCUT2D eigenvalue weighted by atomic mass is 15.0. The maximum absolute atomic E-state index is 5.94. The molecule has 1 aliphatic carbocycles. The minimum atomic E-state index is 0.426. The third-order valence-electron chi connectivity index (χ3n) is 4.64. The molecule has 0 amide bonds. The normalized spacial score (nSPS) is 23.8. The standard InChI is InChI=1S/C17H29N3/c1-5-6-14-11-15(18)20-16(19-14)12-7-9-13(10-8-12)17(2,3)4/h11-13H,5-10H2,1-4H3,(H2,18,19,20). The molecule has 2 N–H and O–H groups in total. The van der Waals surface area contributed by atoms with E-state index >= 15 is 0 Å². The number of hydrogen-bond acceptors (Lipinski definition) is 3. The molecule has 0 aromatic carbocycles. The SMILES string of the molecule is CCCc1cc(N)nc(C2CCC(C(C)(C)C)CC2)n1. The molecule has 2 rings (SSSR count). The van der Waals surface area contributed by atoms with Crippen molar-refractivity contribution in [3.63, 3.8) is 0 Å². The van der Waals surface area contributed by atoms with Crippen LogP contribution in [0.4, 0.5) is 5.82 Å². The van der Waals surface area contributed by atoms with E-state index < -0.39 is 0 Å². The fourth-order valence-electron chi connectivity index (χ4n) is 3.32. The van der Waals surface area contributed by atoms with Crippen molar-refractivity contribution in [3.05, 3.63) is 17.6 Å². The van der Waals surface area contributed by atoms with Crippen LogP contribution in [0, 0.1) is 11.3 Å². The van der Waals surface area contributed by atoms with E-state index in [1.165, 1.54) is 25.7 Å². The van der Waals surface area contributed by atoms with Crippen LogP contribution in [0.15, 0.2) is 6.07 Å². The fraction of sp³-hybridized carbons (Fsp3) is 0.765. The Morgan fingerprint density at radius 1 is 1.15 bits per heavy atom. The van der Waals surface area contributed by atoms with Gasteiger partial charge in [0.15, 0.2) is 0 Å². The summed E-state index contributed by atoms with van der Waals surface area (Å²) in [5.74, 6) is 2.96. The van der Waals surface area contributed by atoms with Crippen molar-refractivity contribution in [1.82, 2.24) is 9.97 Å². The Balaban J connectivity index is 2.07. The molecule has 1 aromatic heterocycles. The van der Waals surface area contributed by atoms with Crippen LogP contribution in [0.5, 0.6) is 0 Å². The van der Waals surface area contributed by atoms with Crippen LogP contribution in [0.3, 0.4) is 0 Å². The van der Waals surface area contributed by atoms with Gasteiger partial charge in [-0.05, 0) is 43.4 Å².